The van der Waals surface area contributed by atoms with Crippen LogP contribution in [-0.2, 0) is 10.0 Å². The van der Waals surface area contributed by atoms with Crippen molar-refractivity contribution in [3.8, 4) is 0 Å². The zero-order valence-corrected chi connectivity index (χ0v) is 12.8. The minimum atomic E-state index is -3.81. The van der Waals surface area contributed by atoms with E-state index in [4.69, 9.17) is 11.6 Å². The van der Waals surface area contributed by atoms with Gasteiger partial charge >= 0.3 is 0 Å². The summed E-state index contributed by atoms with van der Waals surface area (Å²) in [4.78, 5) is 3.41. The number of hydrogen-bond donors (Lipinski definition) is 1. The van der Waals surface area contributed by atoms with Crippen LogP contribution in [0.25, 0.3) is 0 Å². The largest absolute Gasteiger partial charge is 0.260 e. The summed E-state index contributed by atoms with van der Waals surface area (Å²) in [5, 5.41) is 0. The van der Waals surface area contributed by atoms with Gasteiger partial charge in [-0.2, -0.15) is 0 Å². The van der Waals surface area contributed by atoms with Crippen LogP contribution >= 0.6 is 11.6 Å². The van der Waals surface area contributed by atoms with Crippen molar-refractivity contribution in [3.63, 3.8) is 0 Å². The van der Waals surface area contributed by atoms with Crippen LogP contribution in [0.3, 0.4) is 0 Å². The Morgan fingerprint density at radius 3 is 2.90 bits per heavy atom. The topological polar surface area (TPSA) is 59.1 Å². The van der Waals surface area contributed by atoms with Crippen molar-refractivity contribution in [2.24, 2.45) is 5.92 Å². The van der Waals surface area contributed by atoms with Gasteiger partial charge in [0.05, 0.1) is 6.20 Å². The van der Waals surface area contributed by atoms with Gasteiger partial charge in [-0.15, -0.1) is 11.6 Å². The third kappa shape index (κ3) is 3.48. The maximum absolute atomic E-state index is 13.1. The van der Waals surface area contributed by atoms with E-state index in [-0.39, 0.29) is 10.8 Å². The third-order valence-corrected chi connectivity index (χ3v) is 5.75. The Bertz CT molecular complexity index is 581. The molecule has 1 aromatic heterocycles. The molecule has 2 atom stereocenters. The smallest absolute Gasteiger partial charge is 0.242 e. The third-order valence-electron chi connectivity index (χ3n) is 3.69. The quantitative estimate of drug-likeness (QED) is 0.868. The molecule has 0 radical (unpaired) electrons. The number of alkyl halides is 1. The van der Waals surface area contributed by atoms with E-state index in [2.05, 4.69) is 16.6 Å². The average Bonchev–Trinajstić information content (AvgIpc) is 2.38. The average molecular weight is 321 g/mol. The fraction of sp³-hybridized carbons (Fsp3) is 0.615. The molecule has 2 rings (SSSR count). The van der Waals surface area contributed by atoms with E-state index in [1.165, 1.54) is 0 Å². The molecule has 1 N–H and O–H groups in total. The van der Waals surface area contributed by atoms with E-state index in [0.717, 1.165) is 31.3 Å². The fourth-order valence-electron chi connectivity index (χ4n) is 2.78. The summed E-state index contributed by atoms with van der Waals surface area (Å²) < 4.78 is 40.5. The van der Waals surface area contributed by atoms with Crippen LogP contribution in [0, 0.1) is 11.7 Å². The first kappa shape index (κ1) is 15.7. The Morgan fingerprint density at radius 2 is 2.30 bits per heavy atom. The lowest BCUT2D eigenvalue weighted by Crippen LogP contribution is -2.52. The molecule has 0 aromatic carbocycles. The van der Waals surface area contributed by atoms with Gasteiger partial charge in [-0.05, 0) is 24.8 Å². The van der Waals surface area contributed by atoms with Crippen molar-refractivity contribution < 1.29 is 12.8 Å². The number of nitrogens with one attached hydrogen (secondary N) is 1. The molecular weight excluding hydrogens is 303 g/mol. The minimum absolute atomic E-state index is 0.166. The molecule has 2 unspecified atom stereocenters. The summed E-state index contributed by atoms with van der Waals surface area (Å²) in [6.07, 6.45) is 5.50. The van der Waals surface area contributed by atoms with Crippen LogP contribution in [0.5, 0.6) is 0 Å². The molecule has 0 bridgehead atoms. The number of pyridine rings is 1. The van der Waals surface area contributed by atoms with Crippen molar-refractivity contribution in [2.45, 2.75) is 43.0 Å². The van der Waals surface area contributed by atoms with Crippen LogP contribution in [0.15, 0.2) is 23.4 Å². The van der Waals surface area contributed by atoms with Gasteiger partial charge in [0, 0.05) is 17.6 Å². The summed E-state index contributed by atoms with van der Waals surface area (Å²) >= 11 is 6.01. The Balaban J connectivity index is 2.26. The van der Waals surface area contributed by atoms with Crippen molar-refractivity contribution in [3.05, 3.63) is 24.3 Å². The van der Waals surface area contributed by atoms with Gasteiger partial charge in [-0.1, -0.05) is 19.8 Å². The molecule has 1 fully saturated rings. The number of halogens is 2. The normalized spacial score (nSPS) is 27.4. The summed E-state index contributed by atoms with van der Waals surface area (Å²) in [7, 11) is -3.81. The van der Waals surface area contributed by atoms with E-state index >= 15 is 0 Å². The highest BCUT2D eigenvalue weighted by Crippen LogP contribution is 2.34. The molecule has 1 aliphatic rings. The van der Waals surface area contributed by atoms with Crippen LogP contribution < -0.4 is 4.72 Å². The Kier molecular flexibility index (Phi) is 4.66. The first-order valence-electron chi connectivity index (χ1n) is 6.57. The van der Waals surface area contributed by atoms with E-state index in [1.807, 2.05) is 0 Å². The van der Waals surface area contributed by atoms with Crippen LogP contribution in [-0.4, -0.2) is 24.8 Å². The number of rotatable bonds is 4. The molecular formula is C13H18ClFN2O2S. The Morgan fingerprint density at radius 1 is 1.55 bits per heavy atom. The monoisotopic (exact) mass is 320 g/mol. The fourth-order valence-corrected chi connectivity index (χ4v) is 4.59. The number of sulfonamides is 1. The Hall–Kier alpha value is -0.720. The van der Waals surface area contributed by atoms with Crippen molar-refractivity contribution >= 4 is 21.6 Å². The standard InChI is InChI=1S/C13H18ClFN2O2S/c1-10-3-2-4-13(6-10,9-14)17-20(18,19)12-5-11(15)7-16-8-12/h5,7-8,10,17H,2-4,6,9H2,1H3. The molecule has 0 saturated heterocycles. The predicted octanol–water partition coefficient (Wildman–Crippen LogP) is 2.69. The highest BCUT2D eigenvalue weighted by atomic mass is 35.5. The molecule has 20 heavy (non-hydrogen) atoms. The summed E-state index contributed by atoms with van der Waals surface area (Å²) in [6.45, 7) is 2.08. The summed E-state index contributed by atoms with van der Waals surface area (Å²) in [5.74, 6) is -0.0556. The lowest BCUT2D eigenvalue weighted by molar-refractivity contribution is 0.239. The van der Waals surface area contributed by atoms with E-state index in [1.54, 1.807) is 0 Å². The van der Waals surface area contributed by atoms with Gasteiger partial charge in [0.2, 0.25) is 10.0 Å². The van der Waals surface area contributed by atoms with Crippen LogP contribution in [0.1, 0.15) is 32.6 Å². The zero-order chi connectivity index (χ0) is 14.8. The first-order valence-corrected chi connectivity index (χ1v) is 8.59. The second-order valence-corrected chi connectivity index (χ2v) is 7.51. The van der Waals surface area contributed by atoms with Gasteiger partial charge in [0.1, 0.15) is 10.7 Å². The number of aromatic nitrogens is 1. The maximum Gasteiger partial charge on any atom is 0.242 e. The van der Waals surface area contributed by atoms with Crippen molar-refractivity contribution in [1.29, 1.82) is 0 Å². The molecule has 1 aromatic rings. The molecule has 0 aliphatic heterocycles. The minimum Gasteiger partial charge on any atom is -0.260 e. The summed E-state index contributed by atoms with van der Waals surface area (Å²) in [6, 6.07) is 0.962. The van der Waals surface area contributed by atoms with Crippen LogP contribution in [0.4, 0.5) is 4.39 Å². The van der Waals surface area contributed by atoms with Gasteiger partial charge in [0.25, 0.3) is 0 Å². The first-order chi connectivity index (χ1) is 9.37. The second kappa shape index (κ2) is 5.95. The van der Waals surface area contributed by atoms with Crippen molar-refractivity contribution in [2.75, 3.05) is 5.88 Å². The highest BCUT2D eigenvalue weighted by Gasteiger charge is 2.38. The van der Waals surface area contributed by atoms with E-state index < -0.39 is 21.4 Å². The van der Waals surface area contributed by atoms with Gasteiger partial charge in [-0.3, -0.25) is 4.98 Å². The second-order valence-electron chi connectivity index (χ2n) is 5.56. The molecule has 1 aliphatic carbocycles. The maximum atomic E-state index is 13.1. The molecule has 0 amide bonds. The Labute approximate surface area is 123 Å². The van der Waals surface area contributed by atoms with Gasteiger partial charge < -0.3 is 0 Å². The predicted molar refractivity (Wildman–Crippen MR) is 75.6 cm³/mol. The lowest BCUT2D eigenvalue weighted by Gasteiger charge is -2.38. The number of hydrogen-bond acceptors (Lipinski definition) is 3. The molecule has 112 valence electrons. The zero-order valence-electron chi connectivity index (χ0n) is 11.3. The molecule has 0 spiro atoms. The van der Waals surface area contributed by atoms with Gasteiger partial charge in [-0.25, -0.2) is 17.5 Å². The lowest BCUT2D eigenvalue weighted by atomic mass is 9.78. The van der Waals surface area contributed by atoms with E-state index in [9.17, 15) is 12.8 Å². The van der Waals surface area contributed by atoms with Crippen LogP contribution in [0.2, 0.25) is 0 Å². The molecule has 1 heterocycles. The molecule has 4 nitrogen and oxygen atoms in total. The van der Waals surface area contributed by atoms with Crippen molar-refractivity contribution in [1.82, 2.24) is 9.71 Å². The highest BCUT2D eigenvalue weighted by molar-refractivity contribution is 7.89. The molecule has 1 saturated carbocycles. The SMILES string of the molecule is CC1CCCC(CCl)(NS(=O)(=O)c2cncc(F)c2)C1. The molecule has 7 heteroatoms. The summed E-state index contributed by atoms with van der Waals surface area (Å²) in [5.41, 5.74) is -0.648. The number of nitrogens with zero attached hydrogens (tertiary/aromatic N) is 1. The van der Waals surface area contributed by atoms with Gasteiger partial charge in [0.15, 0.2) is 0 Å². The van der Waals surface area contributed by atoms with E-state index in [0.29, 0.717) is 18.8 Å².